The first-order valence-corrected chi connectivity index (χ1v) is 5.08. The van der Waals surface area contributed by atoms with E-state index in [9.17, 15) is 4.39 Å². The first-order valence-electron chi connectivity index (χ1n) is 5.08. The molecular formula is C10H14FN3O. The lowest BCUT2D eigenvalue weighted by atomic mass is 10.1. The van der Waals surface area contributed by atoms with Gasteiger partial charge in [0.25, 0.3) is 5.88 Å². The van der Waals surface area contributed by atoms with E-state index < -0.39 is 5.82 Å². The van der Waals surface area contributed by atoms with Crippen LogP contribution in [0, 0.1) is 18.7 Å². The van der Waals surface area contributed by atoms with E-state index in [1.165, 1.54) is 6.33 Å². The van der Waals surface area contributed by atoms with Gasteiger partial charge < -0.3 is 10.1 Å². The lowest BCUT2D eigenvalue weighted by Gasteiger charge is -2.10. The molecule has 0 saturated carbocycles. The summed E-state index contributed by atoms with van der Waals surface area (Å²) in [4.78, 5) is 7.51. The molecule has 1 atom stereocenters. The monoisotopic (exact) mass is 211 g/mol. The highest BCUT2D eigenvalue weighted by atomic mass is 19.1. The number of ether oxygens (including phenoxy) is 1. The molecule has 1 saturated heterocycles. The topological polar surface area (TPSA) is 47.0 Å². The van der Waals surface area contributed by atoms with Gasteiger partial charge in [-0.1, -0.05) is 0 Å². The van der Waals surface area contributed by atoms with Crippen molar-refractivity contribution in [3.05, 3.63) is 17.8 Å². The van der Waals surface area contributed by atoms with Gasteiger partial charge in [0.1, 0.15) is 6.33 Å². The van der Waals surface area contributed by atoms with Crippen molar-refractivity contribution in [3.8, 4) is 5.88 Å². The summed E-state index contributed by atoms with van der Waals surface area (Å²) in [5.74, 6) is 0.0672. The normalized spacial score (nSPS) is 20.5. The predicted molar refractivity (Wildman–Crippen MR) is 53.2 cm³/mol. The molecule has 1 aliphatic rings. The zero-order valence-corrected chi connectivity index (χ0v) is 8.66. The molecule has 1 aromatic heterocycles. The second-order valence-corrected chi connectivity index (χ2v) is 3.75. The molecule has 0 bridgehead atoms. The maximum Gasteiger partial charge on any atom is 0.253 e. The van der Waals surface area contributed by atoms with Crippen LogP contribution in [-0.2, 0) is 0 Å². The zero-order valence-electron chi connectivity index (χ0n) is 8.66. The Morgan fingerprint density at radius 2 is 2.47 bits per heavy atom. The van der Waals surface area contributed by atoms with Gasteiger partial charge in [-0.15, -0.1) is 0 Å². The maximum atomic E-state index is 13.4. The number of nitrogens with one attached hydrogen (secondary N) is 1. The van der Waals surface area contributed by atoms with Gasteiger partial charge in [0, 0.05) is 12.5 Å². The minimum atomic E-state index is -0.455. The number of aryl methyl sites for hydroxylation is 1. The quantitative estimate of drug-likeness (QED) is 0.807. The molecule has 5 heteroatoms. The van der Waals surface area contributed by atoms with Crippen LogP contribution in [0.4, 0.5) is 4.39 Å². The number of aromatic nitrogens is 2. The standard InChI is InChI=1S/C10H14FN3O/c1-7-9(11)10(14-6-13-7)15-5-8-2-3-12-4-8/h6,8,12H,2-5H2,1H3. The average molecular weight is 211 g/mol. The molecule has 0 aliphatic carbocycles. The fourth-order valence-corrected chi connectivity index (χ4v) is 1.59. The van der Waals surface area contributed by atoms with Crippen LogP contribution in [0.3, 0.4) is 0 Å². The Labute approximate surface area is 87.9 Å². The number of hydrogen-bond acceptors (Lipinski definition) is 4. The fourth-order valence-electron chi connectivity index (χ4n) is 1.59. The summed E-state index contributed by atoms with van der Waals surface area (Å²) in [7, 11) is 0. The van der Waals surface area contributed by atoms with Crippen LogP contribution in [0.25, 0.3) is 0 Å². The van der Waals surface area contributed by atoms with E-state index in [0.29, 0.717) is 18.2 Å². The van der Waals surface area contributed by atoms with Crippen LogP contribution in [-0.4, -0.2) is 29.7 Å². The molecule has 0 radical (unpaired) electrons. The summed E-state index contributed by atoms with van der Waals surface area (Å²) in [5, 5.41) is 3.23. The van der Waals surface area contributed by atoms with E-state index >= 15 is 0 Å². The Morgan fingerprint density at radius 1 is 1.60 bits per heavy atom. The van der Waals surface area contributed by atoms with E-state index in [1.54, 1.807) is 6.92 Å². The van der Waals surface area contributed by atoms with Crippen molar-refractivity contribution in [2.75, 3.05) is 19.7 Å². The Hall–Kier alpha value is -1.23. The summed E-state index contributed by atoms with van der Waals surface area (Å²) >= 11 is 0. The van der Waals surface area contributed by atoms with Crippen molar-refractivity contribution >= 4 is 0 Å². The third-order valence-corrected chi connectivity index (χ3v) is 2.55. The maximum absolute atomic E-state index is 13.4. The van der Waals surface area contributed by atoms with Gasteiger partial charge in [-0.2, -0.15) is 9.37 Å². The largest absolute Gasteiger partial charge is 0.475 e. The van der Waals surface area contributed by atoms with Crippen molar-refractivity contribution in [2.45, 2.75) is 13.3 Å². The highest BCUT2D eigenvalue weighted by Crippen LogP contribution is 2.16. The Bertz CT molecular complexity index is 339. The molecule has 2 rings (SSSR count). The van der Waals surface area contributed by atoms with Gasteiger partial charge in [0.15, 0.2) is 0 Å². The number of rotatable bonds is 3. The fraction of sp³-hybridized carbons (Fsp3) is 0.600. The molecule has 1 unspecified atom stereocenters. The predicted octanol–water partition coefficient (Wildman–Crippen LogP) is 0.912. The Morgan fingerprint density at radius 3 is 3.20 bits per heavy atom. The van der Waals surface area contributed by atoms with Crippen LogP contribution >= 0.6 is 0 Å². The summed E-state index contributed by atoms with van der Waals surface area (Å²) in [6.45, 7) is 4.06. The van der Waals surface area contributed by atoms with Crippen LogP contribution in [0.1, 0.15) is 12.1 Å². The minimum absolute atomic E-state index is 0.0643. The van der Waals surface area contributed by atoms with Crippen molar-refractivity contribution in [2.24, 2.45) is 5.92 Å². The van der Waals surface area contributed by atoms with Gasteiger partial charge >= 0.3 is 0 Å². The SMILES string of the molecule is Cc1ncnc(OCC2CCNC2)c1F. The summed E-state index contributed by atoms with van der Waals surface area (Å²) in [5.41, 5.74) is 0.324. The van der Waals surface area contributed by atoms with Crippen molar-refractivity contribution < 1.29 is 9.13 Å². The van der Waals surface area contributed by atoms with Gasteiger partial charge in [-0.05, 0) is 19.9 Å². The molecule has 15 heavy (non-hydrogen) atoms. The van der Waals surface area contributed by atoms with Gasteiger partial charge in [0.2, 0.25) is 5.82 Å². The molecule has 1 aliphatic heterocycles. The number of nitrogens with zero attached hydrogens (tertiary/aromatic N) is 2. The lowest BCUT2D eigenvalue weighted by Crippen LogP contribution is -2.16. The van der Waals surface area contributed by atoms with Crippen molar-refractivity contribution in [3.63, 3.8) is 0 Å². The van der Waals surface area contributed by atoms with Gasteiger partial charge in [-0.3, -0.25) is 0 Å². The Kier molecular flexibility index (Phi) is 3.11. The average Bonchev–Trinajstić information content (AvgIpc) is 2.73. The van der Waals surface area contributed by atoms with Crippen LogP contribution in [0.5, 0.6) is 5.88 Å². The van der Waals surface area contributed by atoms with E-state index in [1.807, 2.05) is 0 Å². The van der Waals surface area contributed by atoms with Crippen LogP contribution < -0.4 is 10.1 Å². The smallest absolute Gasteiger partial charge is 0.253 e. The molecule has 1 N–H and O–H groups in total. The van der Waals surface area contributed by atoms with E-state index in [2.05, 4.69) is 15.3 Å². The van der Waals surface area contributed by atoms with E-state index in [4.69, 9.17) is 4.74 Å². The summed E-state index contributed by atoms with van der Waals surface area (Å²) in [6, 6.07) is 0. The van der Waals surface area contributed by atoms with E-state index in [0.717, 1.165) is 19.5 Å². The van der Waals surface area contributed by atoms with Gasteiger partial charge in [0.05, 0.1) is 12.3 Å². The third kappa shape index (κ3) is 2.41. The second-order valence-electron chi connectivity index (χ2n) is 3.75. The first-order chi connectivity index (χ1) is 7.27. The second kappa shape index (κ2) is 4.53. The summed E-state index contributed by atoms with van der Waals surface area (Å²) in [6.07, 6.45) is 2.40. The highest BCUT2D eigenvalue weighted by Gasteiger charge is 2.16. The molecule has 0 aromatic carbocycles. The highest BCUT2D eigenvalue weighted by molar-refractivity contribution is 5.15. The van der Waals surface area contributed by atoms with Crippen molar-refractivity contribution in [1.29, 1.82) is 0 Å². The Balaban J connectivity index is 1.95. The molecule has 2 heterocycles. The molecular weight excluding hydrogens is 197 g/mol. The number of hydrogen-bond donors (Lipinski definition) is 1. The minimum Gasteiger partial charge on any atom is -0.475 e. The molecule has 0 spiro atoms. The lowest BCUT2D eigenvalue weighted by molar-refractivity contribution is 0.238. The molecule has 0 amide bonds. The first kappa shape index (κ1) is 10.3. The van der Waals surface area contributed by atoms with Crippen LogP contribution in [0.15, 0.2) is 6.33 Å². The van der Waals surface area contributed by atoms with Crippen LogP contribution in [0.2, 0.25) is 0 Å². The molecule has 4 nitrogen and oxygen atoms in total. The summed E-state index contributed by atoms with van der Waals surface area (Å²) < 4.78 is 18.7. The molecule has 82 valence electrons. The molecule has 1 fully saturated rings. The third-order valence-electron chi connectivity index (χ3n) is 2.55. The number of halogens is 1. The van der Waals surface area contributed by atoms with Crippen molar-refractivity contribution in [1.82, 2.24) is 15.3 Å². The van der Waals surface area contributed by atoms with Gasteiger partial charge in [-0.25, -0.2) is 4.98 Å². The molecule has 1 aromatic rings. The zero-order chi connectivity index (χ0) is 10.7. The van der Waals surface area contributed by atoms with E-state index in [-0.39, 0.29) is 5.88 Å².